The number of fused-ring (bicyclic) bond motifs is 1. The van der Waals surface area contributed by atoms with Gasteiger partial charge < -0.3 is 10.7 Å². The van der Waals surface area contributed by atoms with Crippen LogP contribution in [0.25, 0.3) is 0 Å². The number of aromatic nitrogens is 2. The maximum atomic E-state index is 14.1. The number of imidazole rings is 1. The molecule has 0 unspecified atom stereocenters. The number of hydrogen-bond acceptors (Lipinski definition) is 3. The zero-order valence-corrected chi connectivity index (χ0v) is 14.7. The number of rotatable bonds is 2. The van der Waals surface area contributed by atoms with Crippen LogP contribution in [-0.2, 0) is 19.3 Å². The Kier molecular flexibility index (Phi) is 4.65. The third kappa shape index (κ3) is 3.39. The Morgan fingerprint density at radius 3 is 2.39 bits per heavy atom. The van der Waals surface area contributed by atoms with Crippen molar-refractivity contribution in [3.63, 3.8) is 0 Å². The van der Waals surface area contributed by atoms with E-state index in [1.807, 2.05) is 4.90 Å². The van der Waals surface area contributed by atoms with Crippen molar-refractivity contribution < 1.29 is 26.3 Å². The quantitative estimate of drug-likeness (QED) is 0.591. The molecule has 0 spiro atoms. The third-order valence-corrected chi connectivity index (χ3v) is 5.67. The van der Waals surface area contributed by atoms with Gasteiger partial charge in [0.2, 0.25) is 5.82 Å². The molecule has 4 rings (SSSR count). The lowest BCUT2D eigenvalue weighted by Gasteiger charge is -2.38. The van der Waals surface area contributed by atoms with E-state index in [4.69, 9.17) is 5.73 Å². The number of hydrogen-bond donors (Lipinski definition) is 2. The molecule has 2 aliphatic rings. The van der Waals surface area contributed by atoms with Crippen LogP contribution in [0.3, 0.4) is 0 Å². The maximum absolute atomic E-state index is 14.1. The van der Waals surface area contributed by atoms with E-state index in [1.54, 1.807) is 0 Å². The largest absolute Gasteiger partial charge is 0.449 e. The minimum absolute atomic E-state index is 0.00320. The molecule has 3 N–H and O–H groups in total. The molecule has 1 aliphatic heterocycles. The summed E-state index contributed by atoms with van der Waals surface area (Å²) < 4.78 is 78.9. The third-order valence-electron chi connectivity index (χ3n) is 5.67. The van der Waals surface area contributed by atoms with Crippen molar-refractivity contribution in [1.82, 2.24) is 14.9 Å². The fraction of sp³-hybridized carbons (Fsp3) is 0.500. The van der Waals surface area contributed by atoms with E-state index < -0.39 is 41.4 Å². The van der Waals surface area contributed by atoms with Gasteiger partial charge in [0.1, 0.15) is 5.82 Å². The first kappa shape index (κ1) is 19.3. The molecule has 2 heterocycles. The maximum Gasteiger partial charge on any atom is 0.449 e. The molecule has 2 aromatic rings. The highest BCUT2D eigenvalue weighted by atomic mass is 19.4. The summed E-state index contributed by atoms with van der Waals surface area (Å²) in [6, 6.07) is 0.909. The van der Waals surface area contributed by atoms with E-state index in [1.165, 1.54) is 0 Å². The number of nitrogens with two attached hydrogens (primary N) is 1. The van der Waals surface area contributed by atoms with Gasteiger partial charge >= 0.3 is 6.18 Å². The van der Waals surface area contributed by atoms with E-state index in [0.717, 1.165) is 6.07 Å². The van der Waals surface area contributed by atoms with E-state index >= 15 is 0 Å². The van der Waals surface area contributed by atoms with Gasteiger partial charge in [0, 0.05) is 37.2 Å². The minimum atomic E-state index is -4.51. The van der Waals surface area contributed by atoms with Crippen molar-refractivity contribution in [3.05, 3.63) is 52.4 Å². The number of alkyl halides is 3. The highest BCUT2D eigenvalue weighted by molar-refractivity contribution is 5.27. The molecule has 1 aromatic carbocycles. The zero-order chi connectivity index (χ0) is 20.2. The Morgan fingerprint density at radius 2 is 1.75 bits per heavy atom. The number of halogens is 6. The normalized spacial score (nSPS) is 25.9. The Labute approximate surface area is 156 Å². The summed E-state index contributed by atoms with van der Waals surface area (Å²) in [6.45, 7) is 0.587. The Morgan fingerprint density at radius 1 is 1.04 bits per heavy atom. The van der Waals surface area contributed by atoms with Gasteiger partial charge in [-0.3, -0.25) is 4.90 Å². The van der Waals surface area contributed by atoms with Crippen LogP contribution >= 0.6 is 0 Å². The topological polar surface area (TPSA) is 57.9 Å². The number of nitrogens with zero attached hydrogens (tertiary/aromatic N) is 2. The minimum Gasteiger partial charge on any atom is -0.337 e. The van der Waals surface area contributed by atoms with E-state index in [9.17, 15) is 26.3 Å². The zero-order valence-electron chi connectivity index (χ0n) is 14.7. The molecule has 1 fully saturated rings. The summed E-state index contributed by atoms with van der Waals surface area (Å²) in [7, 11) is 0. The second kappa shape index (κ2) is 6.77. The first-order chi connectivity index (χ1) is 13.1. The lowest BCUT2D eigenvalue weighted by molar-refractivity contribution is -0.144. The number of H-pyrrole nitrogens is 1. The van der Waals surface area contributed by atoms with E-state index in [2.05, 4.69) is 9.97 Å². The lowest BCUT2D eigenvalue weighted by atomic mass is 9.77. The van der Waals surface area contributed by atoms with Gasteiger partial charge in [-0.1, -0.05) is 0 Å². The molecule has 0 saturated heterocycles. The van der Waals surface area contributed by atoms with Crippen LogP contribution in [0.15, 0.2) is 12.1 Å². The molecular formula is C18H18F6N4. The predicted molar refractivity (Wildman–Crippen MR) is 87.5 cm³/mol. The summed E-state index contributed by atoms with van der Waals surface area (Å²) in [5, 5.41) is 0. The average molecular weight is 404 g/mol. The monoisotopic (exact) mass is 404 g/mol. The summed E-state index contributed by atoms with van der Waals surface area (Å²) in [5.41, 5.74) is 7.08. The van der Waals surface area contributed by atoms with Crippen LogP contribution in [-0.4, -0.2) is 27.0 Å². The van der Waals surface area contributed by atoms with Crippen LogP contribution in [0.4, 0.5) is 26.3 Å². The molecule has 1 saturated carbocycles. The van der Waals surface area contributed by atoms with Gasteiger partial charge in [-0.25, -0.2) is 18.2 Å². The Balaban J connectivity index is 1.44. The van der Waals surface area contributed by atoms with Crippen molar-refractivity contribution in [2.45, 2.75) is 56.5 Å². The molecule has 3 atom stereocenters. The fourth-order valence-corrected chi connectivity index (χ4v) is 4.27. The van der Waals surface area contributed by atoms with Crippen molar-refractivity contribution in [2.75, 3.05) is 0 Å². The molecule has 0 bridgehead atoms. The van der Waals surface area contributed by atoms with Crippen molar-refractivity contribution in [2.24, 2.45) is 5.73 Å². The molecule has 152 valence electrons. The van der Waals surface area contributed by atoms with Gasteiger partial charge in [-0.15, -0.1) is 0 Å². The molecule has 0 amide bonds. The summed E-state index contributed by atoms with van der Waals surface area (Å²) in [5.74, 6) is -4.62. The van der Waals surface area contributed by atoms with Crippen molar-refractivity contribution >= 4 is 0 Å². The Hall–Kier alpha value is -2.07. The van der Waals surface area contributed by atoms with Crippen LogP contribution in [0.2, 0.25) is 0 Å². The molecule has 1 aliphatic carbocycles. The SMILES string of the molecule is N[C@H]1C[C@@H](N2Cc3nc(C(F)(F)F)[nH]c3C2)CC[C@@H]1c1cc(F)c(F)cc1F. The van der Waals surface area contributed by atoms with Crippen LogP contribution in [0.1, 0.15) is 48.0 Å². The number of nitrogens with one attached hydrogen (secondary N) is 1. The van der Waals surface area contributed by atoms with Crippen LogP contribution < -0.4 is 5.73 Å². The highest BCUT2D eigenvalue weighted by Crippen LogP contribution is 2.38. The number of aromatic amines is 1. The molecular weight excluding hydrogens is 386 g/mol. The van der Waals surface area contributed by atoms with Gasteiger partial charge in [0.25, 0.3) is 0 Å². The second-order valence-corrected chi connectivity index (χ2v) is 7.44. The molecule has 4 nitrogen and oxygen atoms in total. The van der Waals surface area contributed by atoms with Crippen LogP contribution in [0, 0.1) is 17.5 Å². The van der Waals surface area contributed by atoms with E-state index in [-0.39, 0.29) is 18.2 Å². The van der Waals surface area contributed by atoms with Gasteiger partial charge in [-0.2, -0.15) is 13.2 Å². The number of benzene rings is 1. The smallest absolute Gasteiger partial charge is 0.337 e. The molecule has 28 heavy (non-hydrogen) atoms. The predicted octanol–water partition coefficient (Wildman–Crippen LogP) is 3.83. The molecule has 1 aromatic heterocycles. The standard InChI is InChI=1S/C18H18F6N4/c19-11-5-13(21)12(20)4-10(11)9-2-1-8(3-14(9)25)28-6-15-16(7-28)27-17(26-15)18(22,23)24/h4-5,8-9,14H,1-3,6-7,25H2,(H,26,27)/t8-,9+,14-/m0/s1. The van der Waals surface area contributed by atoms with Gasteiger partial charge in [-0.05, 0) is 30.9 Å². The molecule has 10 heteroatoms. The highest BCUT2D eigenvalue weighted by Gasteiger charge is 2.40. The van der Waals surface area contributed by atoms with E-state index in [0.29, 0.717) is 43.3 Å². The summed E-state index contributed by atoms with van der Waals surface area (Å²) in [4.78, 5) is 7.96. The van der Waals surface area contributed by atoms with Crippen molar-refractivity contribution in [3.8, 4) is 0 Å². The Bertz CT molecular complexity index is 869. The first-order valence-corrected chi connectivity index (χ1v) is 8.92. The van der Waals surface area contributed by atoms with Gasteiger partial charge in [0.15, 0.2) is 11.6 Å². The second-order valence-electron chi connectivity index (χ2n) is 7.44. The first-order valence-electron chi connectivity index (χ1n) is 8.92. The summed E-state index contributed by atoms with van der Waals surface area (Å²) >= 11 is 0. The van der Waals surface area contributed by atoms with Crippen LogP contribution in [0.5, 0.6) is 0 Å². The fourth-order valence-electron chi connectivity index (χ4n) is 4.27. The lowest BCUT2D eigenvalue weighted by Crippen LogP contribution is -2.44. The van der Waals surface area contributed by atoms with Crippen molar-refractivity contribution in [1.29, 1.82) is 0 Å². The summed E-state index contributed by atoms with van der Waals surface area (Å²) in [6.07, 6.45) is -2.95. The van der Waals surface area contributed by atoms with Gasteiger partial charge in [0.05, 0.1) is 11.4 Å². The molecule has 0 radical (unpaired) electrons. The average Bonchev–Trinajstić information content (AvgIpc) is 3.17.